The molecular weight excluding hydrogens is 364 g/mol. The summed E-state index contributed by atoms with van der Waals surface area (Å²) in [6.45, 7) is 1.76. The van der Waals surface area contributed by atoms with Crippen LogP contribution in [0.3, 0.4) is 0 Å². The number of fused-ring (bicyclic) bond motifs is 3. The van der Waals surface area contributed by atoms with Gasteiger partial charge < -0.3 is 9.47 Å². The molecule has 0 spiro atoms. The maximum absolute atomic E-state index is 13.2. The molecule has 0 fully saturated rings. The maximum Gasteiger partial charge on any atom is 0.272 e. The molecule has 29 heavy (non-hydrogen) atoms. The van der Waals surface area contributed by atoms with E-state index in [0.29, 0.717) is 25.3 Å². The van der Waals surface area contributed by atoms with Crippen molar-refractivity contribution in [3.8, 4) is 11.3 Å². The average molecular weight is 386 g/mol. The smallest absolute Gasteiger partial charge is 0.272 e. The fourth-order valence-corrected chi connectivity index (χ4v) is 3.96. The monoisotopic (exact) mass is 386 g/mol. The van der Waals surface area contributed by atoms with Gasteiger partial charge in [-0.05, 0) is 17.7 Å². The lowest BCUT2D eigenvalue weighted by Crippen LogP contribution is -2.31. The molecule has 7 heteroatoms. The lowest BCUT2D eigenvalue weighted by molar-refractivity contribution is 0.0717. The molecule has 1 aromatic carbocycles. The van der Waals surface area contributed by atoms with Gasteiger partial charge in [-0.25, -0.2) is 0 Å². The second-order valence-electron chi connectivity index (χ2n) is 7.47. The van der Waals surface area contributed by atoms with Gasteiger partial charge in [-0.15, -0.1) is 0 Å². The predicted molar refractivity (Wildman–Crippen MR) is 109 cm³/mol. The first-order valence-corrected chi connectivity index (χ1v) is 9.62. The molecule has 0 atom stereocenters. The van der Waals surface area contributed by atoms with Crippen LogP contribution in [0.1, 0.15) is 27.3 Å². The summed E-state index contributed by atoms with van der Waals surface area (Å²) in [4.78, 5) is 15.1. The van der Waals surface area contributed by atoms with E-state index >= 15 is 0 Å². The van der Waals surface area contributed by atoms with Crippen LogP contribution in [0.15, 0.2) is 61.1 Å². The Hall–Kier alpha value is -3.61. The van der Waals surface area contributed by atoms with Crippen LogP contribution in [0.2, 0.25) is 0 Å². The first kappa shape index (κ1) is 17.5. The van der Waals surface area contributed by atoms with E-state index in [0.717, 1.165) is 22.5 Å². The predicted octanol–water partition coefficient (Wildman–Crippen LogP) is 2.83. The Morgan fingerprint density at radius 2 is 1.90 bits per heavy atom. The Bertz CT molecular complexity index is 1180. The highest BCUT2D eigenvalue weighted by Crippen LogP contribution is 2.32. The van der Waals surface area contributed by atoms with E-state index in [1.165, 1.54) is 5.56 Å². The summed E-state index contributed by atoms with van der Waals surface area (Å²) in [6.07, 6.45) is 5.75. The van der Waals surface area contributed by atoms with Crippen LogP contribution in [0.25, 0.3) is 11.3 Å². The molecule has 4 heterocycles. The van der Waals surface area contributed by atoms with Crippen LogP contribution in [-0.4, -0.2) is 34.9 Å². The minimum absolute atomic E-state index is 0.0270. The summed E-state index contributed by atoms with van der Waals surface area (Å²) in [5.74, 6) is -0.0270. The standard InChI is InChI=1S/C22H22N6O/c1-25-11-9-18-20(25)15-27(22(29)19-8-10-23-26(19)2)13-17-14-28(24-21(17)18)12-16-6-4-3-5-7-16/h3-11,14H,12-13,15H2,1-2H3. The third-order valence-electron chi connectivity index (χ3n) is 5.51. The second-order valence-corrected chi connectivity index (χ2v) is 7.47. The van der Waals surface area contributed by atoms with Gasteiger partial charge in [0.05, 0.1) is 25.3 Å². The molecule has 0 unspecified atom stereocenters. The summed E-state index contributed by atoms with van der Waals surface area (Å²) < 4.78 is 5.66. The van der Waals surface area contributed by atoms with Gasteiger partial charge in [0.1, 0.15) is 5.69 Å². The fourth-order valence-electron chi connectivity index (χ4n) is 3.96. The summed E-state index contributed by atoms with van der Waals surface area (Å²) in [5, 5.41) is 9.03. The van der Waals surface area contributed by atoms with Crippen LogP contribution >= 0.6 is 0 Å². The van der Waals surface area contributed by atoms with Gasteiger partial charge in [-0.3, -0.25) is 14.2 Å². The minimum atomic E-state index is -0.0270. The van der Waals surface area contributed by atoms with Crippen molar-refractivity contribution in [3.05, 3.63) is 83.6 Å². The highest BCUT2D eigenvalue weighted by Gasteiger charge is 2.28. The lowest BCUT2D eigenvalue weighted by atomic mass is 10.1. The van der Waals surface area contributed by atoms with E-state index in [9.17, 15) is 4.79 Å². The van der Waals surface area contributed by atoms with Crippen molar-refractivity contribution < 1.29 is 4.79 Å². The van der Waals surface area contributed by atoms with Gasteiger partial charge in [-0.2, -0.15) is 10.2 Å². The fraction of sp³-hybridized carbons (Fsp3) is 0.227. The molecule has 146 valence electrons. The average Bonchev–Trinajstić information content (AvgIpc) is 3.39. The zero-order valence-corrected chi connectivity index (χ0v) is 16.5. The topological polar surface area (TPSA) is 60.9 Å². The van der Waals surface area contributed by atoms with Crippen molar-refractivity contribution in [1.82, 2.24) is 29.0 Å². The van der Waals surface area contributed by atoms with Crippen molar-refractivity contribution in [2.45, 2.75) is 19.6 Å². The Morgan fingerprint density at radius 3 is 2.66 bits per heavy atom. The Kier molecular flexibility index (Phi) is 4.08. The van der Waals surface area contributed by atoms with Crippen molar-refractivity contribution in [1.29, 1.82) is 0 Å². The highest BCUT2D eigenvalue weighted by atomic mass is 16.2. The van der Waals surface area contributed by atoms with E-state index in [4.69, 9.17) is 5.10 Å². The first-order chi connectivity index (χ1) is 14.1. The summed E-state index contributed by atoms with van der Waals surface area (Å²) in [5.41, 5.74) is 5.97. The van der Waals surface area contributed by atoms with Crippen LogP contribution in [0.5, 0.6) is 0 Å². The summed E-state index contributed by atoms with van der Waals surface area (Å²) in [7, 11) is 3.81. The second kappa shape index (κ2) is 6.77. The van der Waals surface area contributed by atoms with E-state index < -0.39 is 0 Å². The number of benzene rings is 1. The van der Waals surface area contributed by atoms with E-state index in [2.05, 4.69) is 34.1 Å². The van der Waals surface area contributed by atoms with Crippen LogP contribution in [0, 0.1) is 0 Å². The normalized spacial score (nSPS) is 13.1. The van der Waals surface area contributed by atoms with Crippen molar-refractivity contribution >= 4 is 5.91 Å². The van der Waals surface area contributed by atoms with Crippen LogP contribution in [0.4, 0.5) is 0 Å². The van der Waals surface area contributed by atoms with E-state index in [-0.39, 0.29) is 5.91 Å². The number of rotatable bonds is 3. The quantitative estimate of drug-likeness (QED) is 0.544. The van der Waals surface area contributed by atoms with Gasteiger partial charge >= 0.3 is 0 Å². The molecule has 0 aliphatic carbocycles. The molecule has 7 nitrogen and oxygen atoms in total. The number of hydrogen-bond donors (Lipinski definition) is 0. The van der Waals surface area contributed by atoms with Crippen LogP contribution < -0.4 is 0 Å². The Labute approximate surface area is 168 Å². The zero-order valence-electron chi connectivity index (χ0n) is 16.5. The number of aromatic nitrogens is 5. The van der Waals surface area contributed by atoms with E-state index in [1.54, 1.807) is 24.0 Å². The number of carbonyl (C=O) groups excluding carboxylic acids is 1. The largest absolute Gasteiger partial charge is 0.352 e. The number of carbonyl (C=O) groups is 1. The van der Waals surface area contributed by atoms with Gasteiger partial charge in [0.25, 0.3) is 5.91 Å². The molecule has 1 amide bonds. The molecule has 0 N–H and O–H groups in total. The first-order valence-electron chi connectivity index (χ1n) is 9.62. The Morgan fingerprint density at radius 1 is 1.07 bits per heavy atom. The van der Waals surface area contributed by atoms with Crippen molar-refractivity contribution in [2.75, 3.05) is 0 Å². The number of hydrogen-bond acceptors (Lipinski definition) is 3. The van der Waals surface area contributed by atoms with E-state index in [1.807, 2.05) is 41.0 Å². The van der Waals surface area contributed by atoms with Gasteiger partial charge in [0.15, 0.2) is 0 Å². The number of amides is 1. The molecule has 0 radical (unpaired) electrons. The lowest BCUT2D eigenvalue weighted by Gasteiger charge is -2.21. The molecule has 3 aromatic heterocycles. The molecular formula is C22H22N6O. The molecule has 0 bridgehead atoms. The zero-order chi connectivity index (χ0) is 20.0. The number of aryl methyl sites for hydroxylation is 2. The van der Waals surface area contributed by atoms with Gasteiger partial charge in [-0.1, -0.05) is 30.3 Å². The highest BCUT2D eigenvalue weighted by molar-refractivity contribution is 5.93. The molecule has 4 aromatic rings. The Balaban J connectivity index is 1.55. The molecule has 1 aliphatic rings. The van der Waals surface area contributed by atoms with Crippen molar-refractivity contribution in [2.24, 2.45) is 14.1 Å². The molecule has 0 saturated heterocycles. The SMILES string of the molecule is Cn1ccc2c1CN(C(=O)c1ccnn1C)Cc1cn(Cc3ccccc3)nc1-2. The molecule has 1 aliphatic heterocycles. The third kappa shape index (κ3) is 3.04. The summed E-state index contributed by atoms with van der Waals surface area (Å²) >= 11 is 0. The van der Waals surface area contributed by atoms with Gasteiger partial charge in [0.2, 0.25) is 0 Å². The number of nitrogens with zero attached hydrogens (tertiary/aromatic N) is 6. The van der Waals surface area contributed by atoms with Gasteiger partial charge in [0, 0.05) is 49.5 Å². The maximum atomic E-state index is 13.2. The van der Waals surface area contributed by atoms with Crippen molar-refractivity contribution in [3.63, 3.8) is 0 Å². The summed E-state index contributed by atoms with van der Waals surface area (Å²) in [6, 6.07) is 14.1. The third-order valence-corrected chi connectivity index (χ3v) is 5.51. The molecule has 5 rings (SSSR count). The van der Waals surface area contributed by atoms with Crippen LogP contribution in [-0.2, 0) is 33.7 Å². The minimum Gasteiger partial charge on any atom is -0.352 e. The molecule has 0 saturated carbocycles.